The average Bonchev–Trinajstić information content (AvgIpc) is 3.48. The first kappa shape index (κ1) is 29.0. The molecule has 212 valence electrons. The predicted octanol–water partition coefficient (Wildman–Crippen LogP) is 3.87. The summed E-state index contributed by atoms with van der Waals surface area (Å²) in [6, 6.07) is 4.26. The zero-order valence-electron chi connectivity index (χ0n) is 23.7. The molecule has 3 saturated heterocycles. The summed E-state index contributed by atoms with van der Waals surface area (Å²) in [7, 11) is 0. The molecule has 3 fully saturated rings. The molecule has 0 saturated carbocycles. The van der Waals surface area contributed by atoms with Gasteiger partial charge in [0.25, 0.3) is 5.91 Å². The zero-order chi connectivity index (χ0) is 28.5. The number of unbranched alkanes of at least 4 members (excludes halogenated alkanes) is 2. The van der Waals surface area contributed by atoms with E-state index < -0.39 is 41.1 Å². The van der Waals surface area contributed by atoms with E-state index in [1.807, 2.05) is 45.0 Å². The van der Waals surface area contributed by atoms with E-state index in [0.717, 1.165) is 29.7 Å². The van der Waals surface area contributed by atoms with Gasteiger partial charge in [0.15, 0.2) is 0 Å². The number of amides is 2. The Morgan fingerprint density at radius 2 is 2.00 bits per heavy atom. The summed E-state index contributed by atoms with van der Waals surface area (Å²) in [6.07, 6.45) is 6.88. The topological polar surface area (TPSA) is 96.4 Å². The molecule has 1 N–H and O–H groups in total. The minimum atomic E-state index is -1.18. The number of benzene rings is 1. The van der Waals surface area contributed by atoms with Crippen molar-refractivity contribution >= 4 is 23.5 Å². The summed E-state index contributed by atoms with van der Waals surface area (Å²) in [6.45, 7) is 15.2. The Morgan fingerprint density at radius 3 is 2.67 bits per heavy atom. The van der Waals surface area contributed by atoms with Gasteiger partial charge in [-0.2, -0.15) is 0 Å². The maximum Gasteiger partial charge on any atom is 0.312 e. The molecule has 3 aliphatic heterocycles. The number of esters is 1. The number of fused-ring (bicyclic) bond motifs is 1. The van der Waals surface area contributed by atoms with Gasteiger partial charge < -0.3 is 24.4 Å². The number of aryl methyl sites for hydroxylation is 2. The van der Waals surface area contributed by atoms with E-state index in [1.54, 1.807) is 17.9 Å². The largest absolute Gasteiger partial charge is 0.465 e. The molecular weight excluding hydrogens is 496 g/mol. The summed E-state index contributed by atoms with van der Waals surface area (Å²) < 4.78 is 12.3. The molecule has 3 aliphatic rings. The Labute approximate surface area is 231 Å². The van der Waals surface area contributed by atoms with Gasteiger partial charge in [-0.15, -0.1) is 13.2 Å². The Kier molecular flexibility index (Phi) is 8.38. The van der Waals surface area contributed by atoms with Gasteiger partial charge in [-0.3, -0.25) is 14.4 Å². The van der Waals surface area contributed by atoms with E-state index in [9.17, 15) is 19.5 Å². The quantitative estimate of drug-likeness (QED) is 0.247. The third-order valence-electron chi connectivity index (χ3n) is 8.72. The van der Waals surface area contributed by atoms with Crippen LogP contribution in [0.4, 0.5) is 5.69 Å². The van der Waals surface area contributed by atoms with E-state index in [2.05, 4.69) is 13.2 Å². The standard InChI is InChI=1S/C31H42N2O6/c1-7-9-10-11-17-38-29(37)25-24-27(35)33(22(5)19-34)26(31(24)15-14-30(25,6)39-31)28(36)32(16-8-2)23-18-20(3)12-13-21(23)4/h7-8,12-13,18,22,24-26,34H,1-2,9-11,14-17,19H2,3-6H3/t22-,24+,25-,26?,30+,31?/m1/s1. The molecule has 1 aromatic carbocycles. The summed E-state index contributed by atoms with van der Waals surface area (Å²) in [5.41, 5.74) is 0.554. The molecule has 1 aromatic rings. The van der Waals surface area contributed by atoms with Crippen molar-refractivity contribution in [2.75, 3.05) is 24.7 Å². The monoisotopic (exact) mass is 538 g/mol. The van der Waals surface area contributed by atoms with Crippen LogP contribution < -0.4 is 4.90 Å². The van der Waals surface area contributed by atoms with Crippen LogP contribution in [0, 0.1) is 25.7 Å². The molecule has 0 radical (unpaired) electrons. The SMILES string of the molecule is C=CCCCCOC(=O)[C@H]1[C@H]2C(=O)N([C@H](C)CO)C(C(=O)N(CC=C)c3cc(C)ccc3C)C23CC[C@]1(C)O3. The third kappa shape index (κ3) is 4.82. The fraction of sp³-hybridized carbons (Fsp3) is 0.581. The molecule has 6 atom stereocenters. The molecule has 4 rings (SSSR count). The van der Waals surface area contributed by atoms with E-state index in [4.69, 9.17) is 9.47 Å². The highest BCUT2D eigenvalue weighted by atomic mass is 16.6. The second-order valence-corrected chi connectivity index (χ2v) is 11.5. The Balaban J connectivity index is 1.73. The smallest absolute Gasteiger partial charge is 0.312 e. The van der Waals surface area contributed by atoms with Gasteiger partial charge in [0.2, 0.25) is 5.91 Å². The molecular formula is C31H42N2O6. The first-order valence-electron chi connectivity index (χ1n) is 14.0. The van der Waals surface area contributed by atoms with Gasteiger partial charge in [-0.25, -0.2) is 0 Å². The van der Waals surface area contributed by atoms with Crippen LogP contribution in [0.2, 0.25) is 0 Å². The van der Waals surface area contributed by atoms with Crippen LogP contribution in [0.5, 0.6) is 0 Å². The summed E-state index contributed by atoms with van der Waals surface area (Å²) in [4.78, 5) is 45.3. The predicted molar refractivity (Wildman–Crippen MR) is 149 cm³/mol. The number of nitrogens with zero attached hydrogens (tertiary/aromatic N) is 2. The molecule has 3 heterocycles. The van der Waals surface area contributed by atoms with Gasteiger partial charge in [0.05, 0.1) is 30.8 Å². The fourth-order valence-electron chi connectivity index (χ4n) is 6.81. The van der Waals surface area contributed by atoms with Crippen molar-refractivity contribution in [3.8, 4) is 0 Å². The minimum Gasteiger partial charge on any atom is -0.465 e. The number of carbonyl (C=O) groups is 3. The molecule has 39 heavy (non-hydrogen) atoms. The van der Waals surface area contributed by atoms with E-state index in [0.29, 0.717) is 19.3 Å². The first-order valence-corrected chi connectivity index (χ1v) is 14.0. The molecule has 1 spiro atoms. The third-order valence-corrected chi connectivity index (χ3v) is 8.72. The Bertz CT molecular complexity index is 1150. The number of hydrogen-bond acceptors (Lipinski definition) is 6. The minimum absolute atomic E-state index is 0.239. The van der Waals surface area contributed by atoms with Crippen molar-refractivity contribution in [3.63, 3.8) is 0 Å². The van der Waals surface area contributed by atoms with Gasteiger partial charge in [0, 0.05) is 12.2 Å². The maximum atomic E-state index is 14.6. The number of aliphatic hydroxyl groups excluding tert-OH is 1. The molecule has 2 unspecified atom stereocenters. The molecule has 8 heteroatoms. The lowest BCUT2D eigenvalue weighted by atomic mass is 9.66. The Morgan fingerprint density at radius 1 is 1.26 bits per heavy atom. The number of hydrogen-bond donors (Lipinski definition) is 1. The van der Waals surface area contributed by atoms with Crippen LogP contribution in [0.25, 0.3) is 0 Å². The van der Waals surface area contributed by atoms with Crippen LogP contribution in [0.3, 0.4) is 0 Å². The highest BCUT2D eigenvalue weighted by Gasteiger charge is 2.79. The van der Waals surface area contributed by atoms with Crippen molar-refractivity contribution < 1.29 is 29.0 Å². The van der Waals surface area contributed by atoms with Crippen molar-refractivity contribution in [1.29, 1.82) is 0 Å². The number of allylic oxidation sites excluding steroid dienone is 1. The van der Waals surface area contributed by atoms with Crippen LogP contribution in [-0.2, 0) is 23.9 Å². The summed E-state index contributed by atoms with van der Waals surface area (Å²) >= 11 is 0. The number of rotatable bonds is 12. The summed E-state index contributed by atoms with van der Waals surface area (Å²) in [5, 5.41) is 10.1. The van der Waals surface area contributed by atoms with Crippen molar-refractivity contribution in [2.45, 2.75) is 83.1 Å². The first-order chi connectivity index (χ1) is 18.6. The van der Waals surface area contributed by atoms with Crippen LogP contribution in [0.15, 0.2) is 43.5 Å². The van der Waals surface area contributed by atoms with Crippen molar-refractivity contribution in [1.82, 2.24) is 4.90 Å². The van der Waals surface area contributed by atoms with Gasteiger partial charge in [-0.1, -0.05) is 24.3 Å². The van der Waals surface area contributed by atoms with Crippen molar-refractivity contribution in [3.05, 3.63) is 54.6 Å². The van der Waals surface area contributed by atoms with E-state index >= 15 is 0 Å². The maximum absolute atomic E-state index is 14.6. The summed E-state index contributed by atoms with van der Waals surface area (Å²) in [5.74, 6) is -2.78. The lowest BCUT2D eigenvalue weighted by Crippen LogP contribution is -2.58. The lowest BCUT2D eigenvalue weighted by molar-refractivity contribution is -0.160. The molecule has 2 amide bonds. The number of anilines is 1. The van der Waals surface area contributed by atoms with E-state index in [1.165, 1.54) is 4.90 Å². The molecule has 0 aromatic heterocycles. The van der Waals surface area contributed by atoms with Gasteiger partial charge >= 0.3 is 5.97 Å². The van der Waals surface area contributed by atoms with Crippen molar-refractivity contribution in [2.24, 2.45) is 11.8 Å². The molecule has 2 bridgehead atoms. The highest BCUT2D eigenvalue weighted by molar-refractivity contribution is 6.05. The Hall–Kier alpha value is -2.97. The number of carbonyl (C=O) groups excluding carboxylic acids is 3. The number of aliphatic hydroxyl groups is 1. The molecule has 8 nitrogen and oxygen atoms in total. The highest BCUT2D eigenvalue weighted by Crippen LogP contribution is 2.63. The van der Waals surface area contributed by atoms with Crippen LogP contribution in [0.1, 0.15) is 57.1 Å². The average molecular weight is 539 g/mol. The lowest BCUT2D eigenvalue weighted by Gasteiger charge is -2.39. The second-order valence-electron chi connectivity index (χ2n) is 11.5. The zero-order valence-corrected chi connectivity index (χ0v) is 23.7. The molecule has 0 aliphatic carbocycles. The van der Waals surface area contributed by atoms with Crippen LogP contribution >= 0.6 is 0 Å². The number of ether oxygens (including phenoxy) is 2. The van der Waals surface area contributed by atoms with Gasteiger partial charge in [-0.05, 0) is 77.0 Å². The fourth-order valence-corrected chi connectivity index (χ4v) is 6.81. The second kappa shape index (κ2) is 11.3. The van der Waals surface area contributed by atoms with E-state index in [-0.39, 0.29) is 31.6 Å². The normalized spacial score (nSPS) is 29.7. The van der Waals surface area contributed by atoms with Gasteiger partial charge in [0.1, 0.15) is 17.6 Å². The van der Waals surface area contributed by atoms with Crippen LogP contribution in [-0.4, -0.2) is 70.8 Å². The number of likely N-dealkylation sites (tertiary alicyclic amines) is 1.